The summed E-state index contributed by atoms with van der Waals surface area (Å²) in [5.41, 5.74) is 2.19. The normalized spacial score (nSPS) is 15.9. The first kappa shape index (κ1) is 16.0. The number of hydrogen-bond donors (Lipinski definition) is 1. The van der Waals surface area contributed by atoms with Gasteiger partial charge in [-0.3, -0.25) is 9.69 Å². The minimum Gasteiger partial charge on any atom is -0.325 e. The van der Waals surface area contributed by atoms with Crippen LogP contribution in [0.5, 0.6) is 0 Å². The van der Waals surface area contributed by atoms with E-state index in [4.69, 9.17) is 0 Å². The van der Waals surface area contributed by atoms with E-state index in [0.29, 0.717) is 18.6 Å². The van der Waals surface area contributed by atoms with Gasteiger partial charge in [0.2, 0.25) is 5.91 Å². The van der Waals surface area contributed by atoms with E-state index in [1.54, 1.807) is 0 Å². The molecular weight excluding hydrogens is 260 g/mol. The highest BCUT2D eigenvalue weighted by atomic mass is 16.2. The molecule has 116 valence electrons. The summed E-state index contributed by atoms with van der Waals surface area (Å²) in [6, 6.07) is 9.14. The number of carbonyl (C=O) groups is 1. The number of benzene rings is 1. The third-order valence-electron chi connectivity index (χ3n) is 4.43. The molecular formula is C18H28N2O. The summed E-state index contributed by atoms with van der Waals surface area (Å²) in [7, 11) is 0. The first-order chi connectivity index (χ1) is 10.1. The lowest BCUT2D eigenvalue weighted by Gasteiger charge is -2.31. The van der Waals surface area contributed by atoms with Crippen LogP contribution in [-0.4, -0.2) is 29.4 Å². The van der Waals surface area contributed by atoms with Crippen molar-refractivity contribution >= 4 is 11.6 Å². The lowest BCUT2D eigenvalue weighted by atomic mass is 10.1. The van der Waals surface area contributed by atoms with Crippen LogP contribution in [0.1, 0.15) is 52.0 Å². The fourth-order valence-electron chi connectivity index (χ4n) is 3.16. The Labute approximate surface area is 128 Å². The highest BCUT2D eigenvalue weighted by Crippen LogP contribution is 2.25. The lowest BCUT2D eigenvalue weighted by Crippen LogP contribution is -2.43. The Morgan fingerprint density at radius 2 is 1.86 bits per heavy atom. The molecule has 1 amide bonds. The van der Waals surface area contributed by atoms with E-state index in [-0.39, 0.29) is 5.91 Å². The molecule has 1 N–H and O–H groups in total. The molecule has 1 saturated carbocycles. The molecule has 0 aliphatic heterocycles. The van der Waals surface area contributed by atoms with Crippen LogP contribution in [0.2, 0.25) is 0 Å². The molecule has 0 bridgehead atoms. The van der Waals surface area contributed by atoms with E-state index in [2.05, 4.69) is 43.1 Å². The first-order valence-corrected chi connectivity index (χ1v) is 8.24. The summed E-state index contributed by atoms with van der Waals surface area (Å²) < 4.78 is 0. The van der Waals surface area contributed by atoms with Crippen LogP contribution in [0.15, 0.2) is 24.3 Å². The van der Waals surface area contributed by atoms with E-state index in [0.717, 1.165) is 12.1 Å². The van der Waals surface area contributed by atoms with E-state index < -0.39 is 0 Å². The average molecular weight is 288 g/mol. The summed E-state index contributed by atoms with van der Waals surface area (Å²) in [6.07, 6.45) is 6.09. The summed E-state index contributed by atoms with van der Waals surface area (Å²) in [4.78, 5) is 14.6. The van der Waals surface area contributed by atoms with Gasteiger partial charge in [-0.05, 0) is 50.8 Å². The van der Waals surface area contributed by atoms with Crippen LogP contribution in [-0.2, 0) is 11.2 Å². The molecule has 1 aliphatic carbocycles. The minimum absolute atomic E-state index is 0.0971. The molecule has 0 heterocycles. The maximum atomic E-state index is 12.3. The Bertz CT molecular complexity index is 447. The van der Waals surface area contributed by atoms with Gasteiger partial charge in [-0.25, -0.2) is 0 Å². The van der Waals surface area contributed by atoms with E-state index in [9.17, 15) is 4.79 Å². The van der Waals surface area contributed by atoms with Crippen LogP contribution in [0.25, 0.3) is 0 Å². The van der Waals surface area contributed by atoms with Crippen molar-refractivity contribution in [3.8, 4) is 0 Å². The molecule has 0 spiro atoms. The average Bonchev–Trinajstić information content (AvgIpc) is 2.99. The van der Waals surface area contributed by atoms with Gasteiger partial charge in [0.1, 0.15) is 0 Å². The van der Waals surface area contributed by atoms with Gasteiger partial charge in [0.25, 0.3) is 0 Å². The molecule has 0 atom stereocenters. The molecule has 21 heavy (non-hydrogen) atoms. The molecule has 1 aliphatic rings. The van der Waals surface area contributed by atoms with E-state index >= 15 is 0 Å². The molecule has 1 fully saturated rings. The number of amides is 1. The lowest BCUT2D eigenvalue weighted by molar-refractivity contribution is -0.118. The van der Waals surface area contributed by atoms with Gasteiger partial charge in [0, 0.05) is 17.8 Å². The Balaban J connectivity index is 1.91. The molecule has 0 aromatic heterocycles. The molecule has 0 radical (unpaired) electrons. The van der Waals surface area contributed by atoms with Crippen molar-refractivity contribution in [3.63, 3.8) is 0 Å². The zero-order chi connectivity index (χ0) is 15.2. The number of nitrogens with one attached hydrogen (secondary N) is 1. The Hall–Kier alpha value is -1.35. The van der Waals surface area contributed by atoms with Crippen LogP contribution in [0.3, 0.4) is 0 Å². The Kier molecular flexibility index (Phi) is 5.80. The summed E-state index contributed by atoms with van der Waals surface area (Å²) in [5, 5.41) is 3.02. The zero-order valence-corrected chi connectivity index (χ0v) is 13.6. The maximum absolute atomic E-state index is 12.3. The van der Waals surface area contributed by atoms with Gasteiger partial charge < -0.3 is 5.32 Å². The van der Waals surface area contributed by atoms with Crippen molar-refractivity contribution in [1.29, 1.82) is 0 Å². The van der Waals surface area contributed by atoms with Gasteiger partial charge in [-0.1, -0.05) is 31.9 Å². The maximum Gasteiger partial charge on any atom is 0.238 e. The number of rotatable bonds is 6. The van der Waals surface area contributed by atoms with Crippen molar-refractivity contribution in [3.05, 3.63) is 29.8 Å². The first-order valence-electron chi connectivity index (χ1n) is 8.24. The molecule has 0 unspecified atom stereocenters. The SMILES string of the molecule is CCc1ccc(NC(=O)CN(C(C)C)C2CCCC2)cc1. The van der Waals surface area contributed by atoms with E-state index in [1.165, 1.54) is 31.2 Å². The smallest absolute Gasteiger partial charge is 0.238 e. The number of anilines is 1. The topological polar surface area (TPSA) is 32.3 Å². The molecule has 3 nitrogen and oxygen atoms in total. The van der Waals surface area contributed by atoms with Crippen molar-refractivity contribution < 1.29 is 4.79 Å². The quantitative estimate of drug-likeness (QED) is 0.862. The fourth-order valence-corrected chi connectivity index (χ4v) is 3.16. The second kappa shape index (κ2) is 7.60. The second-order valence-electron chi connectivity index (χ2n) is 6.30. The fraction of sp³-hybridized carbons (Fsp3) is 0.611. The predicted molar refractivity (Wildman–Crippen MR) is 88.5 cm³/mol. The standard InChI is InChI=1S/C18H28N2O/c1-4-15-9-11-16(12-10-15)19-18(21)13-20(14(2)3)17-7-5-6-8-17/h9-12,14,17H,4-8,13H2,1-3H3,(H,19,21). The second-order valence-corrected chi connectivity index (χ2v) is 6.30. The third kappa shape index (κ3) is 4.57. The highest BCUT2D eigenvalue weighted by molar-refractivity contribution is 5.92. The molecule has 3 heteroatoms. The van der Waals surface area contributed by atoms with Crippen molar-refractivity contribution in [2.75, 3.05) is 11.9 Å². The Morgan fingerprint density at radius 3 is 2.38 bits per heavy atom. The third-order valence-corrected chi connectivity index (χ3v) is 4.43. The molecule has 1 aromatic carbocycles. The summed E-state index contributed by atoms with van der Waals surface area (Å²) in [6.45, 7) is 7.00. The molecule has 2 rings (SSSR count). The monoisotopic (exact) mass is 288 g/mol. The zero-order valence-electron chi connectivity index (χ0n) is 13.6. The van der Waals surface area contributed by atoms with Crippen molar-refractivity contribution in [2.45, 2.75) is 65.0 Å². The van der Waals surface area contributed by atoms with Crippen molar-refractivity contribution in [1.82, 2.24) is 4.90 Å². The van der Waals surface area contributed by atoms with Crippen molar-refractivity contribution in [2.24, 2.45) is 0 Å². The number of hydrogen-bond acceptors (Lipinski definition) is 2. The molecule has 1 aromatic rings. The number of carbonyl (C=O) groups excluding carboxylic acids is 1. The van der Waals surface area contributed by atoms with Crippen LogP contribution in [0, 0.1) is 0 Å². The van der Waals surface area contributed by atoms with Gasteiger partial charge >= 0.3 is 0 Å². The van der Waals surface area contributed by atoms with Gasteiger partial charge in [-0.2, -0.15) is 0 Å². The summed E-state index contributed by atoms with van der Waals surface area (Å²) >= 11 is 0. The minimum atomic E-state index is 0.0971. The Morgan fingerprint density at radius 1 is 1.24 bits per heavy atom. The van der Waals surface area contributed by atoms with E-state index in [1.807, 2.05) is 12.1 Å². The highest BCUT2D eigenvalue weighted by Gasteiger charge is 2.26. The number of aryl methyl sites for hydroxylation is 1. The number of nitrogens with zero attached hydrogens (tertiary/aromatic N) is 1. The van der Waals surface area contributed by atoms with Gasteiger partial charge in [-0.15, -0.1) is 0 Å². The predicted octanol–water partition coefficient (Wildman–Crippen LogP) is 3.84. The van der Waals surface area contributed by atoms with Crippen LogP contribution in [0.4, 0.5) is 5.69 Å². The van der Waals surface area contributed by atoms with Crippen LogP contribution >= 0.6 is 0 Å². The summed E-state index contributed by atoms with van der Waals surface area (Å²) in [5.74, 6) is 0.0971. The van der Waals surface area contributed by atoms with Gasteiger partial charge in [0.15, 0.2) is 0 Å². The van der Waals surface area contributed by atoms with Gasteiger partial charge in [0.05, 0.1) is 6.54 Å². The molecule has 0 saturated heterocycles. The van der Waals surface area contributed by atoms with Crippen LogP contribution < -0.4 is 5.32 Å². The largest absolute Gasteiger partial charge is 0.325 e.